The second kappa shape index (κ2) is 15.5. The average molecular weight is 433 g/mol. The molecule has 12 nitrogen and oxygen atoms in total. The third-order valence-electron chi connectivity index (χ3n) is 4.37. The van der Waals surface area contributed by atoms with E-state index in [0.717, 1.165) is 0 Å². The van der Waals surface area contributed by atoms with E-state index in [1.165, 1.54) is 6.92 Å². The number of carboxylic acid groups (broad SMARTS) is 1. The number of unbranched alkanes of at least 4 members (excludes halogenated alkanes) is 2. The Bertz CT molecular complexity index is 559. The van der Waals surface area contributed by atoms with E-state index in [1.807, 2.05) is 0 Å². The number of amides is 3. The number of hydrogen-bond acceptors (Lipinski definition) is 8. The number of carbonyl (C=O) groups excluding carboxylic acids is 3. The summed E-state index contributed by atoms with van der Waals surface area (Å²) in [6, 6.07) is -4.36. The second-order valence-electron chi connectivity index (χ2n) is 7.06. The summed E-state index contributed by atoms with van der Waals surface area (Å²) in [6.45, 7) is 1.53. The van der Waals surface area contributed by atoms with Crippen LogP contribution < -0.4 is 33.2 Å². The van der Waals surface area contributed by atoms with Crippen LogP contribution in [-0.4, -0.2) is 77.8 Å². The minimum Gasteiger partial charge on any atom is -0.480 e. The Balaban J connectivity index is 5.05. The SMILES string of the molecule is CC(N)C(=O)NC(CCCCN)C(=O)NC(CO)C(=O)NC(CCCCN)C(=O)O. The number of nitrogens with two attached hydrogens (primary N) is 3. The van der Waals surface area contributed by atoms with Gasteiger partial charge in [0.1, 0.15) is 18.1 Å². The molecule has 11 N–H and O–H groups in total. The van der Waals surface area contributed by atoms with Gasteiger partial charge < -0.3 is 43.4 Å². The molecule has 0 aromatic carbocycles. The summed E-state index contributed by atoms with van der Waals surface area (Å²) in [5.41, 5.74) is 16.3. The number of aliphatic hydroxyl groups is 1. The van der Waals surface area contributed by atoms with Crippen molar-refractivity contribution in [1.29, 1.82) is 0 Å². The summed E-state index contributed by atoms with van der Waals surface area (Å²) < 4.78 is 0. The lowest BCUT2D eigenvalue weighted by atomic mass is 10.1. The maximum atomic E-state index is 12.6. The highest BCUT2D eigenvalue weighted by Gasteiger charge is 2.29. The molecule has 0 bridgehead atoms. The summed E-state index contributed by atoms with van der Waals surface area (Å²) in [5.74, 6) is -3.30. The van der Waals surface area contributed by atoms with E-state index >= 15 is 0 Å². The molecule has 0 heterocycles. The van der Waals surface area contributed by atoms with Crippen LogP contribution in [-0.2, 0) is 19.2 Å². The Morgan fingerprint density at radius 3 is 1.63 bits per heavy atom. The summed E-state index contributed by atoms with van der Waals surface area (Å²) in [4.78, 5) is 48.2. The highest BCUT2D eigenvalue weighted by atomic mass is 16.4. The van der Waals surface area contributed by atoms with Gasteiger partial charge in [0.25, 0.3) is 0 Å². The van der Waals surface area contributed by atoms with Crippen LogP contribution >= 0.6 is 0 Å². The monoisotopic (exact) mass is 432 g/mol. The molecular weight excluding hydrogens is 396 g/mol. The topological polar surface area (TPSA) is 223 Å². The number of carbonyl (C=O) groups is 4. The van der Waals surface area contributed by atoms with Crippen LogP contribution in [0, 0.1) is 0 Å². The summed E-state index contributed by atoms with van der Waals surface area (Å²) >= 11 is 0. The summed E-state index contributed by atoms with van der Waals surface area (Å²) in [5, 5.41) is 25.9. The van der Waals surface area contributed by atoms with Crippen molar-refractivity contribution in [3.63, 3.8) is 0 Å². The molecule has 0 rings (SSSR count). The van der Waals surface area contributed by atoms with Gasteiger partial charge in [-0.2, -0.15) is 0 Å². The Labute approximate surface area is 176 Å². The maximum Gasteiger partial charge on any atom is 0.326 e. The van der Waals surface area contributed by atoms with Gasteiger partial charge in [-0.05, 0) is 58.5 Å². The quantitative estimate of drug-likeness (QED) is 0.117. The lowest BCUT2D eigenvalue weighted by Gasteiger charge is -2.24. The molecule has 3 amide bonds. The van der Waals surface area contributed by atoms with Crippen LogP contribution in [0.15, 0.2) is 0 Å². The molecule has 4 unspecified atom stereocenters. The van der Waals surface area contributed by atoms with Gasteiger partial charge in [-0.1, -0.05) is 0 Å². The molecule has 0 fully saturated rings. The lowest BCUT2D eigenvalue weighted by molar-refractivity contribution is -0.142. The van der Waals surface area contributed by atoms with Gasteiger partial charge in [-0.25, -0.2) is 4.79 Å². The highest BCUT2D eigenvalue weighted by molar-refractivity contribution is 5.94. The Hall–Kier alpha value is -2.28. The van der Waals surface area contributed by atoms with E-state index in [9.17, 15) is 29.4 Å². The molecule has 4 atom stereocenters. The number of aliphatic carboxylic acids is 1. The molecule has 0 aliphatic heterocycles. The van der Waals surface area contributed by atoms with Crippen molar-refractivity contribution in [3.05, 3.63) is 0 Å². The van der Waals surface area contributed by atoms with Gasteiger partial charge in [0.2, 0.25) is 17.7 Å². The van der Waals surface area contributed by atoms with E-state index < -0.39 is 54.5 Å². The zero-order valence-electron chi connectivity index (χ0n) is 17.4. The molecule has 0 spiro atoms. The van der Waals surface area contributed by atoms with Crippen LogP contribution in [0.25, 0.3) is 0 Å². The molecule has 0 radical (unpaired) electrons. The van der Waals surface area contributed by atoms with Gasteiger partial charge in [-0.15, -0.1) is 0 Å². The van der Waals surface area contributed by atoms with Gasteiger partial charge in [0, 0.05) is 0 Å². The number of rotatable bonds is 16. The van der Waals surface area contributed by atoms with E-state index in [0.29, 0.717) is 38.8 Å². The van der Waals surface area contributed by atoms with Crippen molar-refractivity contribution >= 4 is 23.7 Å². The van der Waals surface area contributed by atoms with Gasteiger partial charge in [0.05, 0.1) is 12.6 Å². The summed E-state index contributed by atoms with van der Waals surface area (Å²) in [6.07, 6.45) is 2.70. The average Bonchev–Trinajstić information content (AvgIpc) is 2.69. The molecule has 30 heavy (non-hydrogen) atoms. The fraction of sp³-hybridized carbons (Fsp3) is 0.778. The van der Waals surface area contributed by atoms with E-state index in [4.69, 9.17) is 17.2 Å². The van der Waals surface area contributed by atoms with Crippen molar-refractivity contribution < 1.29 is 29.4 Å². The molecular formula is C18H36N6O6. The molecule has 0 saturated heterocycles. The molecule has 0 aliphatic carbocycles. The molecule has 0 saturated carbocycles. The number of carboxylic acids is 1. The normalized spacial score (nSPS) is 14.8. The third-order valence-corrected chi connectivity index (χ3v) is 4.37. The van der Waals surface area contributed by atoms with E-state index in [-0.39, 0.29) is 12.8 Å². The second-order valence-corrected chi connectivity index (χ2v) is 7.06. The first-order chi connectivity index (χ1) is 14.2. The van der Waals surface area contributed by atoms with Crippen LogP contribution in [0.5, 0.6) is 0 Å². The van der Waals surface area contributed by atoms with Gasteiger partial charge in [0.15, 0.2) is 0 Å². The predicted molar refractivity (Wildman–Crippen MR) is 110 cm³/mol. The fourth-order valence-corrected chi connectivity index (χ4v) is 2.55. The van der Waals surface area contributed by atoms with Gasteiger partial charge >= 0.3 is 5.97 Å². The standard InChI is InChI=1S/C18H36N6O6/c1-11(21)15(26)22-12(6-2-4-8-19)16(27)24-14(10-25)17(28)23-13(18(29)30)7-3-5-9-20/h11-14,25H,2-10,19-21H2,1H3,(H,22,26)(H,23,28)(H,24,27)(H,29,30). The lowest BCUT2D eigenvalue weighted by Crippen LogP contribution is -2.57. The predicted octanol–water partition coefficient (Wildman–Crippen LogP) is -2.88. The molecule has 174 valence electrons. The number of nitrogens with one attached hydrogen (secondary N) is 3. The zero-order chi connectivity index (χ0) is 23.1. The third kappa shape index (κ3) is 11.0. The molecule has 0 aromatic heterocycles. The van der Waals surface area contributed by atoms with Crippen molar-refractivity contribution in [1.82, 2.24) is 16.0 Å². The molecule has 0 aromatic rings. The number of aliphatic hydroxyl groups excluding tert-OH is 1. The number of hydrogen-bond donors (Lipinski definition) is 8. The van der Waals surface area contributed by atoms with Crippen molar-refractivity contribution in [2.75, 3.05) is 19.7 Å². The highest BCUT2D eigenvalue weighted by Crippen LogP contribution is 2.04. The van der Waals surface area contributed by atoms with Crippen LogP contribution in [0.1, 0.15) is 45.4 Å². The van der Waals surface area contributed by atoms with Crippen LogP contribution in [0.4, 0.5) is 0 Å². The van der Waals surface area contributed by atoms with E-state index in [1.54, 1.807) is 0 Å². The fourth-order valence-electron chi connectivity index (χ4n) is 2.55. The smallest absolute Gasteiger partial charge is 0.326 e. The first kappa shape index (κ1) is 27.7. The minimum atomic E-state index is -1.38. The van der Waals surface area contributed by atoms with Crippen LogP contribution in [0.2, 0.25) is 0 Å². The minimum absolute atomic E-state index is 0.163. The maximum absolute atomic E-state index is 12.6. The molecule has 12 heteroatoms. The van der Waals surface area contributed by atoms with Crippen molar-refractivity contribution in [2.24, 2.45) is 17.2 Å². The van der Waals surface area contributed by atoms with E-state index in [2.05, 4.69) is 16.0 Å². The Kier molecular flexibility index (Phi) is 14.4. The summed E-state index contributed by atoms with van der Waals surface area (Å²) in [7, 11) is 0. The van der Waals surface area contributed by atoms with Gasteiger partial charge in [-0.3, -0.25) is 14.4 Å². The van der Waals surface area contributed by atoms with Crippen molar-refractivity contribution in [3.8, 4) is 0 Å². The first-order valence-electron chi connectivity index (χ1n) is 10.1. The van der Waals surface area contributed by atoms with Crippen molar-refractivity contribution in [2.45, 2.75) is 69.6 Å². The van der Waals surface area contributed by atoms with Crippen LogP contribution in [0.3, 0.4) is 0 Å². The first-order valence-corrected chi connectivity index (χ1v) is 10.1. The Morgan fingerprint density at radius 1 is 0.767 bits per heavy atom. The zero-order valence-corrected chi connectivity index (χ0v) is 17.4. The largest absolute Gasteiger partial charge is 0.480 e. The Morgan fingerprint density at radius 2 is 1.20 bits per heavy atom. The molecule has 0 aliphatic rings.